The van der Waals surface area contributed by atoms with Crippen molar-refractivity contribution >= 4 is 29.1 Å². The van der Waals surface area contributed by atoms with Crippen molar-refractivity contribution in [3.63, 3.8) is 0 Å². The number of halogens is 1. The first-order valence-corrected chi connectivity index (χ1v) is 9.86. The standard InChI is InChI=1S/C21H18FN5OS/c1-13-12-14(2)27-20(23-13)25-21(26-27)29-18(15-6-4-3-5-7-15)19(28)24-17-10-8-16(22)9-11-17/h3-12,18H,1-2H3,(H,24,28). The lowest BCUT2D eigenvalue weighted by molar-refractivity contribution is -0.115. The molecule has 4 rings (SSSR count). The third-order valence-corrected chi connectivity index (χ3v) is 5.38. The summed E-state index contributed by atoms with van der Waals surface area (Å²) in [4.78, 5) is 21.9. The highest BCUT2D eigenvalue weighted by molar-refractivity contribution is 8.00. The lowest BCUT2D eigenvalue weighted by Crippen LogP contribution is -2.19. The van der Waals surface area contributed by atoms with Crippen LogP contribution in [0.25, 0.3) is 5.78 Å². The molecule has 1 N–H and O–H groups in total. The van der Waals surface area contributed by atoms with Gasteiger partial charge in [-0.2, -0.15) is 4.98 Å². The van der Waals surface area contributed by atoms with Gasteiger partial charge in [-0.05, 0) is 49.7 Å². The average Bonchev–Trinajstić information content (AvgIpc) is 3.11. The van der Waals surface area contributed by atoms with Gasteiger partial charge in [0.2, 0.25) is 11.1 Å². The number of hydrogen-bond donors (Lipinski definition) is 1. The Labute approximate surface area is 171 Å². The van der Waals surface area contributed by atoms with Gasteiger partial charge in [0.25, 0.3) is 5.78 Å². The molecule has 4 aromatic rings. The van der Waals surface area contributed by atoms with E-state index in [2.05, 4.69) is 20.4 Å². The monoisotopic (exact) mass is 407 g/mol. The van der Waals surface area contributed by atoms with Gasteiger partial charge in [0.15, 0.2) is 0 Å². The fourth-order valence-electron chi connectivity index (χ4n) is 2.95. The SMILES string of the molecule is Cc1cc(C)n2nc(SC(C(=O)Nc3ccc(F)cc3)c3ccccc3)nc2n1. The normalized spacial score (nSPS) is 12.1. The summed E-state index contributed by atoms with van der Waals surface area (Å²) in [5.41, 5.74) is 3.11. The van der Waals surface area contributed by atoms with E-state index in [0.717, 1.165) is 17.0 Å². The molecule has 0 saturated carbocycles. The van der Waals surface area contributed by atoms with Crippen LogP contribution >= 0.6 is 11.8 Å². The maximum absolute atomic E-state index is 13.2. The molecule has 6 nitrogen and oxygen atoms in total. The van der Waals surface area contributed by atoms with E-state index in [-0.39, 0.29) is 11.7 Å². The zero-order valence-corrected chi connectivity index (χ0v) is 16.7. The van der Waals surface area contributed by atoms with Crippen LogP contribution in [0.15, 0.2) is 65.8 Å². The van der Waals surface area contributed by atoms with Crippen molar-refractivity contribution in [3.05, 3.63) is 83.4 Å². The largest absolute Gasteiger partial charge is 0.325 e. The Hall–Kier alpha value is -3.26. The lowest BCUT2D eigenvalue weighted by Gasteiger charge is -2.15. The third kappa shape index (κ3) is 4.27. The van der Waals surface area contributed by atoms with Gasteiger partial charge in [-0.3, -0.25) is 4.79 Å². The number of amides is 1. The summed E-state index contributed by atoms with van der Waals surface area (Å²) in [6.07, 6.45) is 0. The molecule has 0 aliphatic carbocycles. The van der Waals surface area contributed by atoms with Crippen LogP contribution in [-0.2, 0) is 4.79 Å². The molecular weight excluding hydrogens is 389 g/mol. The second kappa shape index (κ2) is 8.00. The Morgan fingerprint density at radius 3 is 2.52 bits per heavy atom. The van der Waals surface area contributed by atoms with Crippen LogP contribution in [0.2, 0.25) is 0 Å². The number of carbonyl (C=O) groups is 1. The van der Waals surface area contributed by atoms with Crippen LogP contribution in [0, 0.1) is 19.7 Å². The second-order valence-corrected chi connectivity index (χ2v) is 7.62. The molecule has 8 heteroatoms. The van der Waals surface area contributed by atoms with Crippen LogP contribution in [0.4, 0.5) is 10.1 Å². The summed E-state index contributed by atoms with van der Waals surface area (Å²) in [6, 6.07) is 17.0. The Morgan fingerprint density at radius 1 is 1.07 bits per heavy atom. The third-order valence-electron chi connectivity index (χ3n) is 4.27. The van der Waals surface area contributed by atoms with Gasteiger partial charge in [-0.1, -0.05) is 42.1 Å². The molecule has 1 amide bonds. The van der Waals surface area contributed by atoms with Crippen LogP contribution in [0.5, 0.6) is 0 Å². The maximum atomic E-state index is 13.2. The van der Waals surface area contributed by atoms with Crippen LogP contribution in [-0.4, -0.2) is 25.5 Å². The summed E-state index contributed by atoms with van der Waals surface area (Å²) >= 11 is 1.24. The number of anilines is 1. The van der Waals surface area contributed by atoms with E-state index in [0.29, 0.717) is 16.6 Å². The minimum Gasteiger partial charge on any atom is -0.325 e. The number of thioether (sulfide) groups is 1. The van der Waals surface area contributed by atoms with Crippen molar-refractivity contribution in [1.29, 1.82) is 0 Å². The summed E-state index contributed by atoms with van der Waals surface area (Å²) in [5.74, 6) is -0.104. The van der Waals surface area contributed by atoms with Gasteiger partial charge < -0.3 is 5.32 Å². The minimum atomic E-state index is -0.583. The van der Waals surface area contributed by atoms with Crippen molar-refractivity contribution < 1.29 is 9.18 Å². The summed E-state index contributed by atoms with van der Waals surface area (Å²) in [6.45, 7) is 3.83. The number of rotatable bonds is 5. The molecule has 0 aliphatic heterocycles. The number of benzene rings is 2. The summed E-state index contributed by atoms with van der Waals surface area (Å²) in [7, 11) is 0. The van der Waals surface area contributed by atoms with Gasteiger partial charge >= 0.3 is 0 Å². The fourth-order valence-corrected chi connectivity index (χ4v) is 3.88. The molecule has 146 valence electrons. The highest BCUT2D eigenvalue weighted by Crippen LogP contribution is 2.34. The van der Waals surface area contributed by atoms with Crippen LogP contribution < -0.4 is 5.32 Å². The molecule has 0 saturated heterocycles. The zero-order valence-electron chi connectivity index (χ0n) is 15.8. The van der Waals surface area contributed by atoms with Crippen molar-refractivity contribution in [2.24, 2.45) is 0 Å². The number of carbonyl (C=O) groups excluding carboxylic acids is 1. The molecule has 2 aromatic carbocycles. The van der Waals surface area contributed by atoms with Crippen molar-refractivity contribution in [2.75, 3.05) is 5.32 Å². The Balaban J connectivity index is 1.65. The Bertz CT molecular complexity index is 1160. The molecule has 29 heavy (non-hydrogen) atoms. The Morgan fingerprint density at radius 2 is 1.79 bits per heavy atom. The van der Waals surface area contributed by atoms with E-state index in [9.17, 15) is 9.18 Å². The maximum Gasteiger partial charge on any atom is 0.253 e. The smallest absolute Gasteiger partial charge is 0.253 e. The van der Waals surface area contributed by atoms with E-state index in [1.807, 2.05) is 50.2 Å². The molecular formula is C21H18FN5OS. The lowest BCUT2D eigenvalue weighted by atomic mass is 10.1. The summed E-state index contributed by atoms with van der Waals surface area (Å²) in [5, 5.41) is 7.20. The number of aryl methyl sites for hydroxylation is 2. The molecule has 1 atom stereocenters. The molecule has 1 unspecified atom stereocenters. The highest BCUT2D eigenvalue weighted by Gasteiger charge is 2.24. The summed E-state index contributed by atoms with van der Waals surface area (Å²) < 4.78 is 14.8. The topological polar surface area (TPSA) is 72.2 Å². The van der Waals surface area contributed by atoms with E-state index in [1.165, 1.54) is 36.0 Å². The molecule has 0 radical (unpaired) electrons. The first-order valence-electron chi connectivity index (χ1n) is 8.98. The van der Waals surface area contributed by atoms with Crippen molar-refractivity contribution in [1.82, 2.24) is 19.6 Å². The van der Waals surface area contributed by atoms with Crippen molar-refractivity contribution in [2.45, 2.75) is 24.3 Å². The first-order chi connectivity index (χ1) is 14.0. The van der Waals surface area contributed by atoms with E-state index < -0.39 is 5.25 Å². The molecule has 0 aliphatic rings. The van der Waals surface area contributed by atoms with E-state index >= 15 is 0 Å². The fraction of sp³-hybridized carbons (Fsp3) is 0.143. The molecule has 2 aromatic heterocycles. The highest BCUT2D eigenvalue weighted by atomic mass is 32.2. The van der Waals surface area contributed by atoms with Crippen LogP contribution in [0.1, 0.15) is 22.2 Å². The average molecular weight is 407 g/mol. The van der Waals surface area contributed by atoms with Crippen molar-refractivity contribution in [3.8, 4) is 0 Å². The number of fused-ring (bicyclic) bond motifs is 1. The molecule has 0 bridgehead atoms. The Kier molecular flexibility index (Phi) is 5.26. The predicted molar refractivity (Wildman–Crippen MR) is 110 cm³/mol. The molecule has 2 heterocycles. The minimum absolute atomic E-state index is 0.243. The number of nitrogens with one attached hydrogen (secondary N) is 1. The first kappa shape index (κ1) is 19.1. The number of aromatic nitrogens is 4. The molecule has 0 spiro atoms. The zero-order chi connectivity index (χ0) is 20.4. The van der Waals surface area contributed by atoms with Crippen LogP contribution in [0.3, 0.4) is 0 Å². The van der Waals surface area contributed by atoms with Gasteiger partial charge in [0, 0.05) is 17.1 Å². The molecule has 0 fully saturated rings. The van der Waals surface area contributed by atoms with E-state index in [1.54, 1.807) is 4.52 Å². The van der Waals surface area contributed by atoms with Gasteiger partial charge in [0.05, 0.1) is 0 Å². The van der Waals surface area contributed by atoms with E-state index in [4.69, 9.17) is 0 Å². The number of hydrogen-bond acceptors (Lipinski definition) is 5. The van der Waals surface area contributed by atoms with Gasteiger partial charge in [-0.25, -0.2) is 13.9 Å². The number of nitrogens with zero attached hydrogens (tertiary/aromatic N) is 4. The quantitative estimate of drug-likeness (QED) is 0.498. The van der Waals surface area contributed by atoms with Gasteiger partial charge in [-0.15, -0.1) is 5.10 Å². The second-order valence-electron chi connectivity index (χ2n) is 6.55. The predicted octanol–water partition coefficient (Wildman–Crippen LogP) is 4.35. The van der Waals surface area contributed by atoms with Gasteiger partial charge in [0.1, 0.15) is 11.1 Å².